The molecule has 1 saturated heterocycles. The van der Waals surface area contributed by atoms with Gasteiger partial charge in [0, 0.05) is 19.4 Å². The van der Waals surface area contributed by atoms with Gasteiger partial charge in [-0.05, 0) is 19.3 Å². The Balaban J connectivity index is 2.00. The molecule has 0 spiro atoms. The minimum Gasteiger partial charge on any atom is -0.230 e. The van der Waals surface area contributed by atoms with Crippen molar-refractivity contribution >= 4 is 0 Å². The maximum absolute atomic E-state index is 3.97. The first kappa shape index (κ1) is 8.06. The highest BCUT2D eigenvalue weighted by molar-refractivity contribution is 5.02. The molecule has 0 bridgehead atoms. The maximum atomic E-state index is 3.97. The zero-order valence-corrected chi connectivity index (χ0v) is 5.98. The molecule has 0 amide bonds. The van der Waals surface area contributed by atoms with Crippen molar-refractivity contribution in [2.24, 2.45) is 0 Å². The van der Waals surface area contributed by atoms with Crippen molar-refractivity contribution in [3.8, 4) is 0 Å². The van der Waals surface area contributed by atoms with Gasteiger partial charge in [0.2, 0.25) is 0 Å². The standard InChI is InChI=1S/C9H10N/c1-2-4-6-8-10-9-7-5-3-1/h1-2,4,6,8H2. The van der Waals surface area contributed by atoms with Gasteiger partial charge in [-0.25, -0.2) is 5.32 Å². The zero-order chi connectivity index (χ0) is 7.07. The Morgan fingerprint density at radius 2 is 2.00 bits per heavy atom. The summed E-state index contributed by atoms with van der Waals surface area (Å²) in [6.45, 7) is 3.54. The normalized spacial score (nSPS) is 24.0. The van der Waals surface area contributed by atoms with Crippen molar-refractivity contribution in [1.29, 1.82) is 0 Å². The second-order valence-electron chi connectivity index (χ2n) is 2.23. The van der Waals surface area contributed by atoms with Crippen LogP contribution in [0, 0.1) is 25.8 Å². The van der Waals surface area contributed by atoms with Crippen molar-refractivity contribution in [2.75, 3.05) is 6.54 Å². The van der Waals surface area contributed by atoms with E-state index in [0.717, 1.165) is 19.4 Å². The number of hydrogen-bond donors (Lipinski definition) is 0. The highest BCUT2D eigenvalue weighted by atomic mass is 14.8. The molecule has 1 fully saturated rings. The fourth-order valence-electron chi connectivity index (χ4n) is 0.811. The lowest BCUT2D eigenvalue weighted by Gasteiger charge is -2.03. The molecule has 1 aliphatic rings. The van der Waals surface area contributed by atoms with E-state index in [-0.39, 0.29) is 0 Å². The summed E-state index contributed by atoms with van der Waals surface area (Å²) in [6, 6.07) is 0. The monoisotopic (exact) mass is 132 g/mol. The summed E-state index contributed by atoms with van der Waals surface area (Å²) < 4.78 is 0. The van der Waals surface area contributed by atoms with Gasteiger partial charge in [-0.2, -0.15) is 0 Å². The van der Waals surface area contributed by atoms with Crippen LogP contribution in [-0.4, -0.2) is 6.54 Å². The molecule has 0 aromatic heterocycles. The van der Waals surface area contributed by atoms with Crippen LogP contribution in [0.4, 0.5) is 0 Å². The second kappa shape index (κ2) is 5.72. The molecular weight excluding hydrogens is 122 g/mol. The minimum atomic E-state index is 0.884. The smallest absolute Gasteiger partial charge is 0.0876 e. The Kier molecular flexibility index (Phi) is 4.61. The van der Waals surface area contributed by atoms with Crippen LogP contribution in [0.2, 0.25) is 0 Å². The van der Waals surface area contributed by atoms with E-state index in [9.17, 15) is 0 Å². The van der Waals surface area contributed by atoms with Gasteiger partial charge in [-0.15, -0.1) is 0 Å². The summed E-state index contributed by atoms with van der Waals surface area (Å²) >= 11 is 0. The van der Waals surface area contributed by atoms with Crippen molar-refractivity contribution in [3.05, 3.63) is 25.8 Å². The van der Waals surface area contributed by atoms with Gasteiger partial charge >= 0.3 is 0 Å². The molecule has 1 heterocycles. The van der Waals surface area contributed by atoms with E-state index in [1.165, 1.54) is 12.8 Å². The van der Waals surface area contributed by atoms with Crippen molar-refractivity contribution in [2.45, 2.75) is 25.7 Å². The van der Waals surface area contributed by atoms with Gasteiger partial charge in [-0.1, -0.05) is 12.8 Å². The number of rotatable bonds is 0. The fraction of sp³-hybridized carbons (Fsp3) is 0.556. The predicted octanol–water partition coefficient (Wildman–Crippen LogP) is 1.45. The van der Waals surface area contributed by atoms with Gasteiger partial charge in [0.05, 0.1) is 6.54 Å². The van der Waals surface area contributed by atoms with Gasteiger partial charge < -0.3 is 0 Å². The third-order valence-corrected chi connectivity index (χ3v) is 1.36. The van der Waals surface area contributed by atoms with Crippen LogP contribution in [0.25, 0.3) is 0 Å². The quantitative estimate of drug-likeness (QED) is 0.473. The average Bonchev–Trinajstić information content (AvgIpc) is 2.01. The molecule has 0 aromatic carbocycles. The Bertz CT molecular complexity index is 37.9. The molecular formula is C9H10N. The summed E-state index contributed by atoms with van der Waals surface area (Å²) in [4.78, 5) is 0. The first-order valence-corrected chi connectivity index (χ1v) is 3.64. The molecule has 0 N–H and O–H groups in total. The lowest BCUT2D eigenvalue weighted by atomic mass is 10.1. The van der Waals surface area contributed by atoms with E-state index in [1.54, 1.807) is 0 Å². The summed E-state index contributed by atoms with van der Waals surface area (Å²) in [6.07, 6.45) is 13.0. The van der Waals surface area contributed by atoms with E-state index in [1.807, 2.05) is 0 Å². The van der Waals surface area contributed by atoms with Gasteiger partial charge in [-0.3, -0.25) is 0 Å². The van der Waals surface area contributed by atoms with Crippen LogP contribution in [0.15, 0.2) is 0 Å². The third-order valence-electron chi connectivity index (χ3n) is 1.36. The number of nitrogens with zero attached hydrogens (tertiary/aromatic N) is 1. The highest BCUT2D eigenvalue weighted by Gasteiger charge is 1.98. The average molecular weight is 132 g/mol. The molecule has 51 valence electrons. The Morgan fingerprint density at radius 1 is 1.00 bits per heavy atom. The minimum absolute atomic E-state index is 0.884. The van der Waals surface area contributed by atoms with E-state index in [4.69, 9.17) is 0 Å². The molecule has 1 nitrogen and oxygen atoms in total. The molecule has 0 aliphatic carbocycles. The van der Waals surface area contributed by atoms with Gasteiger partial charge in [0.1, 0.15) is 0 Å². The van der Waals surface area contributed by atoms with Crippen LogP contribution in [0.5, 0.6) is 0 Å². The molecule has 0 unspecified atom stereocenters. The van der Waals surface area contributed by atoms with Crippen LogP contribution < -0.4 is 5.32 Å². The van der Waals surface area contributed by atoms with Crippen LogP contribution in [0.3, 0.4) is 0 Å². The summed E-state index contributed by atoms with van der Waals surface area (Å²) in [5, 5.41) is 3.97. The van der Waals surface area contributed by atoms with E-state index in [0.29, 0.717) is 0 Å². The summed E-state index contributed by atoms with van der Waals surface area (Å²) in [7, 11) is 0. The molecule has 1 heteroatoms. The first-order valence-electron chi connectivity index (χ1n) is 3.64. The molecule has 1 aliphatic heterocycles. The van der Waals surface area contributed by atoms with Crippen molar-refractivity contribution < 1.29 is 0 Å². The molecule has 0 atom stereocenters. The van der Waals surface area contributed by atoms with Gasteiger partial charge in [0.15, 0.2) is 0 Å². The molecule has 9 radical (unpaired) electrons. The van der Waals surface area contributed by atoms with E-state index in [2.05, 4.69) is 31.1 Å². The topological polar surface area (TPSA) is 14.1 Å². The van der Waals surface area contributed by atoms with Crippen molar-refractivity contribution in [1.82, 2.24) is 5.32 Å². The third kappa shape index (κ3) is 3.89. The highest BCUT2D eigenvalue weighted by Crippen LogP contribution is 2.07. The zero-order valence-electron chi connectivity index (χ0n) is 5.98. The number of hydrogen-bond acceptors (Lipinski definition) is 0. The Morgan fingerprint density at radius 3 is 3.00 bits per heavy atom. The summed E-state index contributed by atoms with van der Waals surface area (Å²) in [5.41, 5.74) is 0. The molecule has 10 heavy (non-hydrogen) atoms. The van der Waals surface area contributed by atoms with Crippen LogP contribution in [-0.2, 0) is 0 Å². The SMILES string of the molecule is [C]1[C][C][N]CCCCC[C]1. The van der Waals surface area contributed by atoms with Crippen LogP contribution in [0.1, 0.15) is 25.7 Å². The molecule has 0 saturated carbocycles. The Hall–Kier alpha value is -0.0400. The van der Waals surface area contributed by atoms with E-state index >= 15 is 0 Å². The fourth-order valence-corrected chi connectivity index (χ4v) is 0.811. The molecule has 1 rings (SSSR count). The predicted molar refractivity (Wildman–Crippen MR) is 38.4 cm³/mol. The Labute approximate surface area is 64.2 Å². The van der Waals surface area contributed by atoms with E-state index < -0.39 is 0 Å². The first-order chi connectivity index (χ1) is 5.00. The molecule has 0 aromatic rings. The lowest BCUT2D eigenvalue weighted by Crippen LogP contribution is -2.05. The second-order valence-corrected chi connectivity index (χ2v) is 2.23. The van der Waals surface area contributed by atoms with Gasteiger partial charge in [0.25, 0.3) is 0 Å². The maximum Gasteiger partial charge on any atom is 0.0876 e. The van der Waals surface area contributed by atoms with Crippen molar-refractivity contribution in [3.63, 3.8) is 0 Å². The van der Waals surface area contributed by atoms with Crippen LogP contribution >= 0.6 is 0 Å². The summed E-state index contributed by atoms with van der Waals surface area (Å²) in [5.74, 6) is 0. The lowest BCUT2D eigenvalue weighted by molar-refractivity contribution is 0.628. The largest absolute Gasteiger partial charge is 0.230 e.